The lowest BCUT2D eigenvalue weighted by Crippen LogP contribution is -2.44. The molecule has 4 heteroatoms. The van der Waals surface area contributed by atoms with Gasteiger partial charge >= 0.3 is 0 Å². The predicted molar refractivity (Wildman–Crippen MR) is 65.0 cm³/mol. The fourth-order valence-electron chi connectivity index (χ4n) is 2.70. The van der Waals surface area contributed by atoms with Gasteiger partial charge in [-0.1, -0.05) is 6.92 Å². The Morgan fingerprint density at radius 1 is 1.47 bits per heavy atom. The lowest BCUT2D eigenvalue weighted by atomic mass is 9.83. The summed E-state index contributed by atoms with van der Waals surface area (Å²) in [5, 5.41) is 3.19. The number of Topliss-reactive ketones (excluding diaryl/α,β-unsaturated/α-hetero) is 1. The lowest BCUT2D eigenvalue weighted by molar-refractivity contribution is -0.136. The standard InChI is InChI=1S/C13H23NO3/c1-2-5-14-9-12(15)11-3-6-17-13(8-11)4-7-16-10-13/h11,14H,2-10H2,1H3. The van der Waals surface area contributed by atoms with Gasteiger partial charge in [0, 0.05) is 25.6 Å². The summed E-state index contributed by atoms with van der Waals surface area (Å²) in [6.07, 6.45) is 3.73. The topological polar surface area (TPSA) is 47.6 Å². The van der Waals surface area contributed by atoms with Gasteiger partial charge < -0.3 is 14.8 Å². The van der Waals surface area contributed by atoms with E-state index in [9.17, 15) is 4.79 Å². The number of carbonyl (C=O) groups is 1. The Labute approximate surface area is 103 Å². The first-order chi connectivity index (χ1) is 8.26. The average molecular weight is 241 g/mol. The Kier molecular flexibility index (Phi) is 4.54. The molecule has 0 aromatic heterocycles. The molecule has 2 saturated heterocycles. The van der Waals surface area contributed by atoms with Gasteiger partial charge in [-0.05, 0) is 25.8 Å². The first kappa shape index (κ1) is 13.0. The number of hydrogen-bond donors (Lipinski definition) is 1. The highest BCUT2D eigenvalue weighted by Gasteiger charge is 2.42. The van der Waals surface area contributed by atoms with E-state index in [0.29, 0.717) is 25.5 Å². The molecular formula is C13H23NO3. The molecule has 0 saturated carbocycles. The smallest absolute Gasteiger partial charge is 0.149 e. The molecule has 2 aliphatic rings. The first-order valence-electron chi connectivity index (χ1n) is 6.71. The third-order valence-electron chi connectivity index (χ3n) is 3.74. The van der Waals surface area contributed by atoms with Crippen LogP contribution in [0, 0.1) is 5.92 Å². The molecule has 1 spiro atoms. The molecule has 2 fully saturated rings. The summed E-state index contributed by atoms with van der Waals surface area (Å²) in [6, 6.07) is 0. The molecule has 0 aromatic carbocycles. The van der Waals surface area contributed by atoms with E-state index in [1.165, 1.54) is 0 Å². The van der Waals surface area contributed by atoms with Crippen molar-refractivity contribution in [3.05, 3.63) is 0 Å². The highest BCUT2D eigenvalue weighted by atomic mass is 16.6. The Balaban J connectivity index is 1.82. The lowest BCUT2D eigenvalue weighted by Gasteiger charge is -2.36. The summed E-state index contributed by atoms with van der Waals surface area (Å²) in [4.78, 5) is 12.1. The van der Waals surface area contributed by atoms with Crippen molar-refractivity contribution < 1.29 is 14.3 Å². The van der Waals surface area contributed by atoms with Crippen molar-refractivity contribution in [2.75, 3.05) is 32.9 Å². The average Bonchev–Trinajstić information content (AvgIpc) is 2.77. The van der Waals surface area contributed by atoms with E-state index in [4.69, 9.17) is 9.47 Å². The minimum atomic E-state index is -0.149. The van der Waals surface area contributed by atoms with Crippen LogP contribution in [0.4, 0.5) is 0 Å². The van der Waals surface area contributed by atoms with Crippen LogP contribution in [0.1, 0.15) is 32.6 Å². The molecule has 0 bridgehead atoms. The SMILES string of the molecule is CCCNCC(=O)C1CCOC2(CCOC2)C1. The van der Waals surface area contributed by atoms with Crippen molar-refractivity contribution in [3.63, 3.8) is 0 Å². The number of nitrogens with one attached hydrogen (secondary N) is 1. The molecule has 2 unspecified atom stereocenters. The Morgan fingerprint density at radius 3 is 3.06 bits per heavy atom. The summed E-state index contributed by atoms with van der Waals surface area (Å²) < 4.78 is 11.2. The van der Waals surface area contributed by atoms with Gasteiger partial charge in [-0.3, -0.25) is 4.79 Å². The van der Waals surface area contributed by atoms with Gasteiger partial charge in [0.05, 0.1) is 18.8 Å². The second kappa shape index (κ2) is 5.94. The van der Waals surface area contributed by atoms with Crippen molar-refractivity contribution in [3.8, 4) is 0 Å². The van der Waals surface area contributed by atoms with E-state index in [-0.39, 0.29) is 11.5 Å². The Hall–Kier alpha value is -0.450. The largest absolute Gasteiger partial charge is 0.378 e. The van der Waals surface area contributed by atoms with Gasteiger partial charge in [-0.15, -0.1) is 0 Å². The fraction of sp³-hybridized carbons (Fsp3) is 0.923. The van der Waals surface area contributed by atoms with E-state index >= 15 is 0 Å². The second-order valence-electron chi connectivity index (χ2n) is 5.17. The maximum Gasteiger partial charge on any atom is 0.149 e. The van der Waals surface area contributed by atoms with E-state index in [2.05, 4.69) is 12.2 Å². The summed E-state index contributed by atoms with van der Waals surface area (Å²) in [6.45, 7) is 5.68. The zero-order valence-electron chi connectivity index (χ0n) is 10.7. The highest BCUT2D eigenvalue weighted by Crippen LogP contribution is 2.35. The van der Waals surface area contributed by atoms with Crippen molar-refractivity contribution in [1.82, 2.24) is 5.32 Å². The summed E-state index contributed by atoms with van der Waals surface area (Å²) in [5.74, 6) is 0.503. The third-order valence-corrected chi connectivity index (χ3v) is 3.74. The molecule has 0 amide bonds. The zero-order valence-corrected chi connectivity index (χ0v) is 10.7. The number of hydrogen-bond acceptors (Lipinski definition) is 4. The molecule has 2 rings (SSSR count). The van der Waals surface area contributed by atoms with Crippen LogP contribution >= 0.6 is 0 Å². The fourth-order valence-corrected chi connectivity index (χ4v) is 2.70. The monoisotopic (exact) mass is 241 g/mol. The van der Waals surface area contributed by atoms with Crippen molar-refractivity contribution in [1.29, 1.82) is 0 Å². The van der Waals surface area contributed by atoms with Gasteiger partial charge in [0.15, 0.2) is 0 Å². The van der Waals surface area contributed by atoms with E-state index < -0.39 is 0 Å². The summed E-state index contributed by atoms with van der Waals surface area (Å²) >= 11 is 0. The molecule has 0 aliphatic carbocycles. The van der Waals surface area contributed by atoms with Gasteiger partial charge in [-0.25, -0.2) is 0 Å². The Morgan fingerprint density at radius 2 is 2.35 bits per heavy atom. The maximum absolute atomic E-state index is 12.1. The number of ketones is 1. The van der Waals surface area contributed by atoms with Crippen LogP contribution in [-0.2, 0) is 14.3 Å². The molecule has 17 heavy (non-hydrogen) atoms. The minimum absolute atomic E-state index is 0.149. The molecule has 98 valence electrons. The van der Waals surface area contributed by atoms with Crippen molar-refractivity contribution in [2.45, 2.75) is 38.2 Å². The molecule has 2 heterocycles. The molecule has 0 aromatic rings. The van der Waals surface area contributed by atoms with Crippen molar-refractivity contribution in [2.24, 2.45) is 5.92 Å². The molecular weight excluding hydrogens is 218 g/mol. The van der Waals surface area contributed by atoms with E-state index in [0.717, 1.165) is 38.8 Å². The maximum atomic E-state index is 12.1. The highest BCUT2D eigenvalue weighted by molar-refractivity contribution is 5.83. The number of rotatable bonds is 5. The van der Waals surface area contributed by atoms with Crippen LogP contribution in [0.2, 0.25) is 0 Å². The van der Waals surface area contributed by atoms with Crippen LogP contribution in [0.15, 0.2) is 0 Å². The molecule has 2 atom stereocenters. The number of carbonyl (C=O) groups excluding carboxylic acids is 1. The van der Waals surface area contributed by atoms with Gasteiger partial charge in [0.25, 0.3) is 0 Å². The van der Waals surface area contributed by atoms with Gasteiger partial charge in [0.2, 0.25) is 0 Å². The second-order valence-corrected chi connectivity index (χ2v) is 5.17. The molecule has 4 nitrogen and oxygen atoms in total. The van der Waals surface area contributed by atoms with Gasteiger partial charge in [-0.2, -0.15) is 0 Å². The van der Waals surface area contributed by atoms with E-state index in [1.807, 2.05) is 0 Å². The summed E-state index contributed by atoms with van der Waals surface area (Å²) in [7, 11) is 0. The Bertz CT molecular complexity index is 261. The molecule has 0 radical (unpaired) electrons. The minimum Gasteiger partial charge on any atom is -0.378 e. The van der Waals surface area contributed by atoms with Crippen LogP contribution in [-0.4, -0.2) is 44.3 Å². The van der Waals surface area contributed by atoms with Crippen molar-refractivity contribution >= 4 is 5.78 Å². The quantitative estimate of drug-likeness (QED) is 0.733. The van der Waals surface area contributed by atoms with Gasteiger partial charge in [0.1, 0.15) is 5.78 Å². The van der Waals surface area contributed by atoms with Crippen LogP contribution in [0.25, 0.3) is 0 Å². The first-order valence-corrected chi connectivity index (χ1v) is 6.71. The summed E-state index contributed by atoms with van der Waals surface area (Å²) in [5.41, 5.74) is -0.149. The van der Waals surface area contributed by atoms with Crippen LogP contribution in [0.5, 0.6) is 0 Å². The number of ether oxygens (including phenoxy) is 2. The van der Waals surface area contributed by atoms with Crippen LogP contribution in [0.3, 0.4) is 0 Å². The molecule has 2 aliphatic heterocycles. The zero-order chi connectivity index (χ0) is 12.1. The third kappa shape index (κ3) is 3.27. The van der Waals surface area contributed by atoms with E-state index in [1.54, 1.807) is 0 Å². The predicted octanol–water partition coefficient (Wildman–Crippen LogP) is 1.14. The normalized spacial score (nSPS) is 33.1. The molecule has 1 N–H and O–H groups in total. The van der Waals surface area contributed by atoms with Crippen LogP contribution < -0.4 is 5.32 Å².